The monoisotopic (exact) mass is 575 g/mol. The van der Waals surface area contributed by atoms with E-state index in [1.165, 1.54) is 4.31 Å². The van der Waals surface area contributed by atoms with Crippen LogP contribution in [0.4, 0.5) is 0 Å². The van der Waals surface area contributed by atoms with Crippen molar-refractivity contribution in [2.75, 3.05) is 13.1 Å². The van der Waals surface area contributed by atoms with Crippen LogP contribution in [0.2, 0.25) is 0 Å². The molecule has 1 saturated heterocycles. The maximum Gasteiger partial charge on any atom is 0.244 e. The highest BCUT2D eigenvalue weighted by molar-refractivity contribution is 9.11. The smallest absolute Gasteiger partial charge is 0.244 e. The van der Waals surface area contributed by atoms with Gasteiger partial charge in [-0.1, -0.05) is 44.0 Å². The fourth-order valence-corrected chi connectivity index (χ4v) is 6.41. The quantitative estimate of drug-likeness (QED) is 0.483. The van der Waals surface area contributed by atoms with E-state index >= 15 is 0 Å². The predicted molar refractivity (Wildman–Crippen MR) is 114 cm³/mol. The van der Waals surface area contributed by atoms with Gasteiger partial charge in [0.2, 0.25) is 10.0 Å². The molecule has 0 aromatic heterocycles. The fourth-order valence-electron chi connectivity index (χ4n) is 3.05. The summed E-state index contributed by atoms with van der Waals surface area (Å²) in [6.45, 7) is 1.21. The van der Waals surface area contributed by atoms with Gasteiger partial charge < -0.3 is 4.90 Å². The van der Waals surface area contributed by atoms with Gasteiger partial charge in [0.05, 0.1) is 4.90 Å². The van der Waals surface area contributed by atoms with Crippen LogP contribution in [-0.2, 0) is 16.6 Å². The van der Waals surface area contributed by atoms with Crippen LogP contribution >= 0.6 is 47.8 Å². The Morgan fingerprint density at radius 3 is 2.41 bits per heavy atom. The molecule has 1 atom stereocenters. The highest BCUT2D eigenvalue weighted by Gasteiger charge is 2.36. The van der Waals surface area contributed by atoms with Gasteiger partial charge in [0.1, 0.15) is 0 Å². The van der Waals surface area contributed by atoms with E-state index in [0.29, 0.717) is 28.5 Å². The Kier molecular flexibility index (Phi) is 6.64. The summed E-state index contributed by atoms with van der Waals surface area (Å²) in [4.78, 5) is 1.81. The molecule has 0 N–H and O–H groups in total. The second-order valence-electron chi connectivity index (χ2n) is 6.24. The minimum absolute atomic E-state index is 0.212. The first-order valence-corrected chi connectivity index (χ1v) is 12.0. The molecule has 0 aliphatic carbocycles. The summed E-state index contributed by atoms with van der Waals surface area (Å²) in [5, 5.41) is 9.18. The molecule has 1 fully saturated rings. The van der Waals surface area contributed by atoms with Crippen molar-refractivity contribution in [3.63, 3.8) is 0 Å². The van der Waals surface area contributed by atoms with Crippen molar-refractivity contribution in [1.29, 1.82) is 5.26 Å². The third kappa shape index (κ3) is 4.74. The first-order chi connectivity index (χ1) is 12.8. The van der Waals surface area contributed by atoms with E-state index in [2.05, 4.69) is 54.0 Å². The van der Waals surface area contributed by atoms with Gasteiger partial charge >= 0.3 is 0 Å². The number of benzene rings is 2. The molecule has 1 unspecified atom stereocenters. The molecule has 0 bridgehead atoms. The first-order valence-electron chi connectivity index (χ1n) is 8.17. The number of hydrogen-bond acceptors (Lipinski definition) is 4. The molecule has 3 rings (SSSR count). The Morgan fingerprint density at radius 1 is 1.11 bits per heavy atom. The third-order valence-corrected chi connectivity index (χ3v) is 8.36. The molecular weight excluding hydrogens is 562 g/mol. The van der Waals surface area contributed by atoms with E-state index in [1.54, 1.807) is 23.1 Å². The van der Waals surface area contributed by atoms with Gasteiger partial charge in [0, 0.05) is 39.1 Å². The Balaban J connectivity index is 2.01. The van der Waals surface area contributed by atoms with Crippen molar-refractivity contribution in [2.24, 2.45) is 0 Å². The first kappa shape index (κ1) is 20.8. The minimum atomic E-state index is -3.77. The number of nitriles is 1. The van der Waals surface area contributed by atoms with Crippen LogP contribution in [0.5, 0.6) is 0 Å². The zero-order valence-electron chi connectivity index (χ0n) is 14.1. The van der Waals surface area contributed by atoms with Gasteiger partial charge in [-0.3, -0.25) is 0 Å². The molecule has 2 aromatic rings. The molecule has 1 heterocycles. The second kappa shape index (κ2) is 8.62. The summed E-state index contributed by atoms with van der Waals surface area (Å²) in [6.07, 6.45) is 2.74. The Hall–Kier alpha value is -0.920. The predicted octanol–water partition coefficient (Wildman–Crippen LogP) is 4.72. The Bertz CT molecular complexity index is 974. The van der Waals surface area contributed by atoms with E-state index in [-0.39, 0.29) is 17.5 Å². The largest absolute Gasteiger partial charge is 0.309 e. The normalized spacial score (nSPS) is 17.3. The number of likely N-dealkylation sites (tertiary alicyclic amines) is 1. The van der Waals surface area contributed by atoms with Crippen LogP contribution in [0.3, 0.4) is 0 Å². The van der Waals surface area contributed by atoms with Gasteiger partial charge in [-0.15, -0.1) is 0 Å². The maximum absolute atomic E-state index is 13.5. The molecule has 142 valence electrons. The number of rotatable bonds is 5. The summed E-state index contributed by atoms with van der Waals surface area (Å²) in [7, 11) is -3.77. The summed E-state index contributed by atoms with van der Waals surface area (Å²) < 4.78 is 30.7. The molecule has 1 aliphatic heterocycles. The van der Waals surface area contributed by atoms with Crippen molar-refractivity contribution in [1.82, 2.24) is 9.21 Å². The van der Waals surface area contributed by atoms with Crippen molar-refractivity contribution >= 4 is 57.8 Å². The molecule has 0 amide bonds. The zero-order chi connectivity index (χ0) is 19.6. The van der Waals surface area contributed by atoms with Crippen LogP contribution in [-0.4, -0.2) is 36.8 Å². The maximum atomic E-state index is 13.5. The highest BCUT2D eigenvalue weighted by Crippen LogP contribution is 2.32. The zero-order valence-corrected chi connectivity index (χ0v) is 19.7. The second-order valence-corrected chi connectivity index (χ2v) is 10.8. The number of halogens is 3. The average Bonchev–Trinajstić information content (AvgIpc) is 3.11. The molecule has 0 spiro atoms. The van der Waals surface area contributed by atoms with Gasteiger partial charge in [0.25, 0.3) is 0 Å². The van der Waals surface area contributed by atoms with Gasteiger partial charge in [-0.05, 0) is 58.2 Å². The van der Waals surface area contributed by atoms with Crippen LogP contribution in [0, 0.1) is 11.5 Å². The lowest BCUT2D eigenvalue weighted by molar-refractivity contribution is 0.314. The van der Waals surface area contributed by atoms with Crippen LogP contribution in [0.25, 0.3) is 0 Å². The third-order valence-electron chi connectivity index (χ3n) is 4.44. The molecular formula is C18H16Br3N3O2S. The van der Waals surface area contributed by atoms with Crippen LogP contribution < -0.4 is 0 Å². The molecule has 0 saturated carbocycles. The van der Waals surface area contributed by atoms with Crippen molar-refractivity contribution in [3.8, 4) is 6.19 Å². The minimum Gasteiger partial charge on any atom is -0.309 e. The molecule has 1 aliphatic rings. The lowest BCUT2D eigenvalue weighted by atomic mass is 10.2. The standard InChI is InChI=1S/C18H16Br3N3O2S/c19-14-3-1-13(2-4-14)10-24(16-7-8-23(11-16)12-22)27(25,26)18-9-15(20)5-6-17(18)21/h1-6,9,16H,7-8,10-11H2. The molecule has 5 nitrogen and oxygen atoms in total. The number of hydrogen-bond donors (Lipinski definition) is 0. The van der Waals surface area contributed by atoms with Crippen molar-refractivity contribution in [3.05, 3.63) is 61.4 Å². The summed E-state index contributed by atoms with van der Waals surface area (Å²) >= 11 is 10.1. The van der Waals surface area contributed by atoms with Crippen molar-refractivity contribution < 1.29 is 8.42 Å². The van der Waals surface area contributed by atoms with E-state index in [0.717, 1.165) is 10.0 Å². The van der Waals surface area contributed by atoms with E-state index in [1.807, 2.05) is 24.3 Å². The molecule has 9 heteroatoms. The van der Waals surface area contributed by atoms with E-state index in [9.17, 15) is 13.7 Å². The van der Waals surface area contributed by atoms with Crippen LogP contribution in [0.1, 0.15) is 12.0 Å². The Labute approximate surface area is 184 Å². The van der Waals surface area contributed by atoms with Gasteiger partial charge in [-0.25, -0.2) is 8.42 Å². The topological polar surface area (TPSA) is 64.4 Å². The van der Waals surface area contributed by atoms with Crippen LogP contribution in [0.15, 0.2) is 60.8 Å². The Morgan fingerprint density at radius 2 is 1.78 bits per heavy atom. The van der Waals surface area contributed by atoms with E-state index < -0.39 is 10.0 Å². The molecule has 27 heavy (non-hydrogen) atoms. The summed E-state index contributed by atoms with van der Waals surface area (Å²) in [5.74, 6) is 0. The molecule has 0 radical (unpaired) electrons. The summed E-state index contributed by atoms with van der Waals surface area (Å²) in [5.41, 5.74) is 0.892. The van der Waals surface area contributed by atoms with Gasteiger partial charge in [0.15, 0.2) is 6.19 Å². The SMILES string of the molecule is N#CN1CCC(N(Cc2ccc(Br)cc2)S(=O)(=O)c2cc(Br)ccc2Br)C1. The highest BCUT2D eigenvalue weighted by atomic mass is 79.9. The number of sulfonamides is 1. The van der Waals surface area contributed by atoms with Crippen molar-refractivity contribution in [2.45, 2.75) is 23.9 Å². The molecule has 2 aromatic carbocycles. The van der Waals surface area contributed by atoms with Gasteiger partial charge in [-0.2, -0.15) is 9.57 Å². The average molecular weight is 578 g/mol. The lowest BCUT2D eigenvalue weighted by Crippen LogP contribution is -2.41. The van der Waals surface area contributed by atoms with E-state index in [4.69, 9.17) is 0 Å². The lowest BCUT2D eigenvalue weighted by Gasteiger charge is -2.28. The number of nitrogens with zero attached hydrogens (tertiary/aromatic N) is 3. The summed E-state index contributed by atoms with van der Waals surface area (Å²) in [6, 6.07) is 12.4. The fraction of sp³-hybridized carbons (Fsp3) is 0.278.